The number of pyridine rings is 1. The number of anilines is 1. The molecule has 0 bridgehead atoms. The third-order valence-corrected chi connectivity index (χ3v) is 5.66. The molecule has 0 atom stereocenters. The van der Waals surface area contributed by atoms with Gasteiger partial charge in [0, 0.05) is 15.0 Å². The van der Waals surface area contributed by atoms with Gasteiger partial charge in [0.1, 0.15) is 11.6 Å². The Hall–Kier alpha value is -3.18. The van der Waals surface area contributed by atoms with E-state index in [0.29, 0.717) is 12.4 Å². The van der Waals surface area contributed by atoms with Crippen LogP contribution in [0, 0.1) is 6.92 Å². The lowest BCUT2D eigenvalue weighted by Crippen LogP contribution is -2.28. The van der Waals surface area contributed by atoms with E-state index in [-0.39, 0.29) is 8.76 Å². The van der Waals surface area contributed by atoms with Gasteiger partial charge in [-0.3, -0.25) is 4.79 Å². The highest BCUT2D eigenvalue weighted by molar-refractivity contribution is 6.01. The van der Waals surface area contributed by atoms with E-state index in [0.717, 1.165) is 46.5 Å². The predicted molar refractivity (Wildman–Crippen MR) is 119 cm³/mol. The summed E-state index contributed by atoms with van der Waals surface area (Å²) >= 11 is 0. The number of aromatic nitrogens is 1. The van der Waals surface area contributed by atoms with Crippen LogP contribution in [0.3, 0.4) is 0 Å². The summed E-state index contributed by atoms with van der Waals surface area (Å²) in [6, 6.07) is 19.5. The van der Waals surface area contributed by atoms with Crippen LogP contribution in [-0.4, -0.2) is 18.0 Å². The second kappa shape index (κ2) is 7.68. The molecule has 2 aromatic carbocycles. The molecule has 1 amide bonds. The van der Waals surface area contributed by atoms with Crippen molar-refractivity contribution in [3.05, 3.63) is 77.4 Å². The van der Waals surface area contributed by atoms with Crippen molar-refractivity contribution in [3.8, 4) is 17.0 Å². The van der Waals surface area contributed by atoms with Crippen LogP contribution < -0.4 is 15.8 Å². The summed E-state index contributed by atoms with van der Waals surface area (Å²) in [6.07, 6.45) is 1.67. The molecule has 152 valence electrons. The number of hydrogen-bond acceptors (Lipinski definition) is 4. The lowest BCUT2D eigenvalue weighted by Gasteiger charge is -2.17. The monoisotopic (exact) mass is 391 g/mol. The first-order chi connectivity index (χ1) is 14.1. The van der Waals surface area contributed by atoms with Crippen molar-refractivity contribution < 1.29 is 12.4 Å². The Bertz CT molecular complexity index is 1050. The molecule has 3 aromatic rings. The van der Waals surface area contributed by atoms with Gasteiger partial charge in [0.05, 0.1) is 18.2 Å². The first-order valence-corrected chi connectivity index (χ1v) is 9.79. The van der Waals surface area contributed by atoms with Crippen molar-refractivity contribution in [1.29, 1.82) is 0 Å². The average molecular weight is 392 g/mol. The van der Waals surface area contributed by atoms with E-state index >= 15 is 0 Å². The SMILES string of the molecule is COc1ccc(C2(C(=O)Nc3ccc(C)c(-c4ccccc4CN)n3)CC2)cc1.[HH].[HH]. The number of ether oxygens (including phenoxy) is 1. The summed E-state index contributed by atoms with van der Waals surface area (Å²) in [4.78, 5) is 17.9. The average Bonchev–Trinajstić information content (AvgIpc) is 3.57. The van der Waals surface area contributed by atoms with E-state index in [1.807, 2.05) is 67.6 Å². The smallest absolute Gasteiger partial charge is 0.236 e. The Balaban J connectivity index is 0.00000171. The molecule has 1 aromatic heterocycles. The second-order valence-electron chi connectivity index (χ2n) is 7.49. The molecule has 0 unspecified atom stereocenters. The summed E-state index contributed by atoms with van der Waals surface area (Å²) in [7, 11) is 1.64. The van der Waals surface area contributed by atoms with E-state index in [4.69, 9.17) is 15.5 Å². The van der Waals surface area contributed by atoms with E-state index < -0.39 is 5.41 Å². The molecule has 5 nitrogen and oxygen atoms in total. The molecule has 0 aliphatic heterocycles. The van der Waals surface area contributed by atoms with Crippen molar-refractivity contribution in [2.75, 3.05) is 12.4 Å². The first-order valence-electron chi connectivity index (χ1n) is 9.79. The number of carbonyl (C=O) groups is 1. The van der Waals surface area contributed by atoms with Gasteiger partial charge < -0.3 is 15.8 Å². The summed E-state index contributed by atoms with van der Waals surface area (Å²) in [5.74, 6) is 1.33. The fourth-order valence-electron chi connectivity index (χ4n) is 3.72. The highest BCUT2D eigenvalue weighted by Crippen LogP contribution is 2.49. The third kappa shape index (κ3) is 3.61. The number of hydrogen-bond donors (Lipinski definition) is 2. The Kier molecular flexibility index (Phi) is 5.07. The fourth-order valence-corrected chi connectivity index (χ4v) is 3.72. The topological polar surface area (TPSA) is 77.2 Å². The molecular formula is C24H29N3O2. The van der Waals surface area contributed by atoms with Gasteiger partial charge >= 0.3 is 0 Å². The van der Waals surface area contributed by atoms with Crippen LogP contribution in [0.15, 0.2) is 60.7 Å². The number of benzene rings is 2. The van der Waals surface area contributed by atoms with E-state index in [1.165, 1.54) is 0 Å². The highest BCUT2D eigenvalue weighted by Gasteiger charge is 2.51. The zero-order valence-electron chi connectivity index (χ0n) is 16.7. The van der Waals surface area contributed by atoms with Gasteiger partial charge in [-0.2, -0.15) is 0 Å². The third-order valence-electron chi connectivity index (χ3n) is 5.66. The van der Waals surface area contributed by atoms with Gasteiger partial charge in [0.2, 0.25) is 5.91 Å². The van der Waals surface area contributed by atoms with Crippen LogP contribution in [0.25, 0.3) is 11.3 Å². The van der Waals surface area contributed by atoms with Crippen LogP contribution in [0.2, 0.25) is 0 Å². The number of aryl methyl sites for hydroxylation is 1. The molecule has 5 heteroatoms. The van der Waals surface area contributed by atoms with Crippen LogP contribution in [0.5, 0.6) is 5.75 Å². The van der Waals surface area contributed by atoms with Gasteiger partial charge in [0.15, 0.2) is 0 Å². The Morgan fingerprint density at radius 3 is 2.52 bits per heavy atom. The molecule has 0 spiro atoms. The summed E-state index contributed by atoms with van der Waals surface area (Å²) < 4.78 is 5.22. The highest BCUT2D eigenvalue weighted by atomic mass is 16.5. The maximum Gasteiger partial charge on any atom is 0.236 e. The van der Waals surface area contributed by atoms with Gasteiger partial charge in [-0.05, 0) is 54.7 Å². The molecule has 1 aliphatic carbocycles. The molecule has 3 N–H and O–H groups in total. The Labute approximate surface area is 173 Å². The summed E-state index contributed by atoms with van der Waals surface area (Å²) in [5, 5.41) is 3.03. The van der Waals surface area contributed by atoms with E-state index in [1.54, 1.807) is 7.11 Å². The summed E-state index contributed by atoms with van der Waals surface area (Å²) in [6.45, 7) is 2.45. The minimum atomic E-state index is -0.478. The number of nitrogens with zero attached hydrogens (tertiary/aromatic N) is 1. The maximum atomic E-state index is 13.1. The number of methoxy groups -OCH3 is 1. The van der Waals surface area contributed by atoms with Crippen LogP contribution in [-0.2, 0) is 16.8 Å². The van der Waals surface area contributed by atoms with Gasteiger partial charge in [-0.15, -0.1) is 0 Å². The minimum absolute atomic E-state index is 0. The Morgan fingerprint density at radius 2 is 1.86 bits per heavy atom. The molecule has 0 saturated heterocycles. The molecule has 1 fully saturated rings. The van der Waals surface area contributed by atoms with Crippen LogP contribution >= 0.6 is 0 Å². The van der Waals surface area contributed by atoms with Crippen molar-refractivity contribution in [2.45, 2.75) is 31.7 Å². The van der Waals surface area contributed by atoms with Gasteiger partial charge in [0.25, 0.3) is 0 Å². The second-order valence-corrected chi connectivity index (χ2v) is 7.49. The molecule has 29 heavy (non-hydrogen) atoms. The van der Waals surface area contributed by atoms with Crippen molar-refractivity contribution in [1.82, 2.24) is 4.98 Å². The molecule has 1 aliphatic rings. The quantitative estimate of drug-likeness (QED) is 0.639. The van der Waals surface area contributed by atoms with Crippen LogP contribution in [0.4, 0.5) is 5.82 Å². The first kappa shape index (κ1) is 19.2. The number of carbonyl (C=O) groups excluding carboxylic acids is 1. The normalized spacial score (nSPS) is 14.3. The van der Waals surface area contributed by atoms with Gasteiger partial charge in [-0.25, -0.2) is 4.98 Å². The number of nitrogens with two attached hydrogens (primary N) is 1. The predicted octanol–water partition coefficient (Wildman–Crippen LogP) is 4.69. The Morgan fingerprint density at radius 1 is 1.14 bits per heavy atom. The molecule has 1 heterocycles. The van der Waals surface area contributed by atoms with E-state index in [9.17, 15) is 4.79 Å². The van der Waals surface area contributed by atoms with E-state index in [2.05, 4.69) is 5.32 Å². The lowest BCUT2D eigenvalue weighted by atomic mass is 9.95. The largest absolute Gasteiger partial charge is 0.497 e. The van der Waals surface area contributed by atoms with Gasteiger partial charge in [-0.1, -0.05) is 42.5 Å². The number of amides is 1. The maximum absolute atomic E-state index is 13.1. The van der Waals surface area contributed by atoms with Crippen molar-refractivity contribution in [3.63, 3.8) is 0 Å². The van der Waals surface area contributed by atoms with Crippen molar-refractivity contribution in [2.24, 2.45) is 5.73 Å². The molecular weight excluding hydrogens is 362 g/mol. The number of nitrogens with one attached hydrogen (secondary N) is 1. The standard InChI is InChI=1S/C24H25N3O2.2H2/c1-16-7-12-21(26-22(16)20-6-4-3-5-17(20)15-25)27-23(28)24(13-14-24)18-8-10-19(29-2)11-9-18;;/h3-12H,13-15,25H2,1-2H3,(H,26,27,28);2*1H. The zero-order valence-corrected chi connectivity index (χ0v) is 16.7. The van der Waals surface area contributed by atoms with Crippen molar-refractivity contribution >= 4 is 11.7 Å². The van der Waals surface area contributed by atoms with Crippen LogP contribution in [0.1, 0.15) is 32.4 Å². The number of rotatable bonds is 6. The molecule has 0 radical (unpaired) electrons. The molecule has 4 rings (SSSR count). The lowest BCUT2D eigenvalue weighted by molar-refractivity contribution is -0.118. The fraction of sp³-hybridized carbons (Fsp3) is 0.250. The minimum Gasteiger partial charge on any atom is -0.497 e. The zero-order chi connectivity index (χ0) is 20.4. The summed E-state index contributed by atoms with van der Waals surface area (Å²) in [5.41, 5.74) is 10.4. The molecule has 1 saturated carbocycles.